The summed E-state index contributed by atoms with van der Waals surface area (Å²) in [5.74, 6) is 1.34. The molecule has 23 heavy (non-hydrogen) atoms. The number of fused-ring (bicyclic) bond motifs is 1. The van der Waals surface area contributed by atoms with E-state index in [0.29, 0.717) is 17.5 Å². The van der Waals surface area contributed by atoms with Gasteiger partial charge in [0, 0.05) is 24.0 Å². The maximum atomic E-state index is 6.16. The van der Waals surface area contributed by atoms with Crippen LogP contribution in [0.4, 0.5) is 0 Å². The van der Waals surface area contributed by atoms with Gasteiger partial charge in [-0.25, -0.2) is 9.97 Å². The standard InChI is InChI=1S/C17H17N5O/c1-10-8-19-15(20-9-10)16-21-17(23-22-16)12-5-6-13-11(7-12)3-2-4-14(13)18/h5-9,14H,2-4,18H2,1H3. The van der Waals surface area contributed by atoms with Crippen molar-refractivity contribution in [3.63, 3.8) is 0 Å². The Morgan fingerprint density at radius 3 is 2.83 bits per heavy atom. The summed E-state index contributed by atoms with van der Waals surface area (Å²) >= 11 is 0. The van der Waals surface area contributed by atoms with E-state index in [1.165, 1.54) is 11.1 Å². The molecule has 2 aromatic heterocycles. The van der Waals surface area contributed by atoms with Crippen molar-refractivity contribution in [2.75, 3.05) is 0 Å². The number of nitrogens with two attached hydrogens (primary N) is 1. The van der Waals surface area contributed by atoms with E-state index in [1.54, 1.807) is 12.4 Å². The second kappa shape index (κ2) is 5.55. The molecule has 1 aromatic carbocycles. The molecular weight excluding hydrogens is 290 g/mol. The zero-order chi connectivity index (χ0) is 15.8. The van der Waals surface area contributed by atoms with Crippen LogP contribution in [0, 0.1) is 6.92 Å². The molecule has 0 saturated heterocycles. The number of hydrogen-bond donors (Lipinski definition) is 1. The number of aryl methyl sites for hydroxylation is 2. The van der Waals surface area contributed by atoms with E-state index in [1.807, 2.05) is 13.0 Å². The van der Waals surface area contributed by atoms with Crippen molar-refractivity contribution >= 4 is 0 Å². The number of hydrogen-bond acceptors (Lipinski definition) is 6. The van der Waals surface area contributed by atoms with Crippen LogP contribution in [0.5, 0.6) is 0 Å². The maximum absolute atomic E-state index is 6.16. The zero-order valence-electron chi connectivity index (χ0n) is 12.9. The minimum absolute atomic E-state index is 0.131. The van der Waals surface area contributed by atoms with Gasteiger partial charge in [0.15, 0.2) is 0 Å². The average Bonchev–Trinajstić information content (AvgIpc) is 3.05. The number of benzene rings is 1. The van der Waals surface area contributed by atoms with Crippen LogP contribution < -0.4 is 5.73 Å². The van der Waals surface area contributed by atoms with Crippen molar-refractivity contribution in [1.29, 1.82) is 0 Å². The molecule has 4 rings (SSSR count). The Balaban J connectivity index is 1.68. The monoisotopic (exact) mass is 307 g/mol. The lowest BCUT2D eigenvalue weighted by atomic mass is 9.87. The lowest BCUT2D eigenvalue weighted by molar-refractivity contribution is 0.431. The molecule has 3 aromatic rings. The fourth-order valence-electron chi connectivity index (χ4n) is 2.92. The van der Waals surface area contributed by atoms with Gasteiger partial charge in [0.1, 0.15) is 0 Å². The van der Waals surface area contributed by atoms with Crippen LogP contribution in [0.15, 0.2) is 35.1 Å². The minimum atomic E-state index is 0.131. The smallest absolute Gasteiger partial charge is 0.258 e. The van der Waals surface area contributed by atoms with Crippen LogP contribution in [0.2, 0.25) is 0 Å². The Bertz CT molecular complexity index is 840. The van der Waals surface area contributed by atoms with Crippen molar-refractivity contribution in [2.45, 2.75) is 32.2 Å². The van der Waals surface area contributed by atoms with Gasteiger partial charge in [-0.2, -0.15) is 4.98 Å². The second-order valence-corrected chi connectivity index (χ2v) is 5.92. The predicted octanol–water partition coefficient (Wildman–Crippen LogP) is 2.84. The van der Waals surface area contributed by atoms with E-state index in [-0.39, 0.29) is 6.04 Å². The molecule has 0 amide bonds. The summed E-state index contributed by atoms with van der Waals surface area (Å²) in [6.07, 6.45) is 6.67. The van der Waals surface area contributed by atoms with Gasteiger partial charge in [-0.3, -0.25) is 0 Å². The highest BCUT2D eigenvalue weighted by Gasteiger charge is 2.19. The van der Waals surface area contributed by atoms with Crippen molar-refractivity contribution in [3.05, 3.63) is 47.3 Å². The summed E-state index contributed by atoms with van der Waals surface area (Å²) in [5, 5.41) is 3.98. The molecule has 116 valence electrons. The highest BCUT2D eigenvalue weighted by atomic mass is 16.5. The molecule has 2 N–H and O–H groups in total. The Morgan fingerprint density at radius 1 is 1.17 bits per heavy atom. The zero-order valence-corrected chi connectivity index (χ0v) is 12.9. The molecular formula is C17H17N5O. The third-order valence-corrected chi connectivity index (χ3v) is 4.16. The first-order valence-electron chi connectivity index (χ1n) is 7.72. The van der Waals surface area contributed by atoms with E-state index < -0.39 is 0 Å². The molecule has 6 heteroatoms. The van der Waals surface area contributed by atoms with Gasteiger partial charge >= 0.3 is 0 Å². The molecule has 6 nitrogen and oxygen atoms in total. The van der Waals surface area contributed by atoms with Crippen molar-refractivity contribution in [1.82, 2.24) is 20.1 Å². The van der Waals surface area contributed by atoms with Gasteiger partial charge in [-0.05, 0) is 55.0 Å². The summed E-state index contributed by atoms with van der Waals surface area (Å²) in [4.78, 5) is 12.9. The van der Waals surface area contributed by atoms with Gasteiger partial charge < -0.3 is 10.3 Å². The van der Waals surface area contributed by atoms with Crippen molar-refractivity contribution in [3.8, 4) is 23.1 Å². The van der Waals surface area contributed by atoms with Gasteiger partial charge in [-0.1, -0.05) is 11.2 Å². The Morgan fingerprint density at radius 2 is 2.00 bits per heavy atom. The highest BCUT2D eigenvalue weighted by molar-refractivity contribution is 5.58. The molecule has 1 aliphatic carbocycles. The summed E-state index contributed by atoms with van der Waals surface area (Å²) < 4.78 is 5.38. The van der Waals surface area contributed by atoms with Gasteiger partial charge in [-0.15, -0.1) is 0 Å². The fraction of sp³-hybridized carbons (Fsp3) is 0.294. The third kappa shape index (κ3) is 2.61. The van der Waals surface area contributed by atoms with Crippen LogP contribution >= 0.6 is 0 Å². The van der Waals surface area contributed by atoms with Crippen LogP contribution in [-0.2, 0) is 6.42 Å². The van der Waals surface area contributed by atoms with Gasteiger partial charge in [0.25, 0.3) is 5.89 Å². The lowest BCUT2D eigenvalue weighted by Crippen LogP contribution is -2.17. The SMILES string of the molecule is Cc1cnc(-c2noc(-c3ccc4c(c3)CCCC4N)n2)nc1. The van der Waals surface area contributed by atoms with Crippen LogP contribution in [0.3, 0.4) is 0 Å². The highest BCUT2D eigenvalue weighted by Crippen LogP contribution is 2.31. The first-order valence-corrected chi connectivity index (χ1v) is 7.72. The molecule has 0 aliphatic heterocycles. The molecule has 1 unspecified atom stereocenters. The lowest BCUT2D eigenvalue weighted by Gasteiger charge is -2.22. The predicted molar refractivity (Wildman–Crippen MR) is 85.4 cm³/mol. The summed E-state index contributed by atoms with van der Waals surface area (Å²) in [7, 11) is 0. The molecule has 2 heterocycles. The largest absolute Gasteiger partial charge is 0.333 e. The van der Waals surface area contributed by atoms with Crippen LogP contribution in [-0.4, -0.2) is 20.1 Å². The molecule has 0 fully saturated rings. The third-order valence-electron chi connectivity index (χ3n) is 4.16. The Kier molecular flexibility index (Phi) is 3.38. The molecule has 1 atom stereocenters. The molecule has 0 saturated carbocycles. The summed E-state index contributed by atoms with van der Waals surface area (Å²) in [5.41, 5.74) is 10.5. The molecule has 0 bridgehead atoms. The van der Waals surface area contributed by atoms with E-state index in [2.05, 4.69) is 32.2 Å². The van der Waals surface area contributed by atoms with Gasteiger partial charge in [0.05, 0.1) is 0 Å². The number of rotatable bonds is 2. The first-order chi connectivity index (χ1) is 11.2. The van der Waals surface area contributed by atoms with Crippen LogP contribution in [0.25, 0.3) is 23.1 Å². The van der Waals surface area contributed by atoms with Crippen LogP contribution in [0.1, 0.15) is 35.6 Å². The Labute approximate surface area is 133 Å². The second-order valence-electron chi connectivity index (χ2n) is 5.92. The normalized spacial score (nSPS) is 17.0. The Hall–Kier alpha value is -2.60. The fourth-order valence-corrected chi connectivity index (χ4v) is 2.92. The number of aromatic nitrogens is 4. The minimum Gasteiger partial charge on any atom is -0.333 e. The first kappa shape index (κ1) is 14.0. The average molecular weight is 307 g/mol. The van der Waals surface area contributed by atoms with E-state index in [9.17, 15) is 0 Å². The van der Waals surface area contributed by atoms with Crippen molar-refractivity contribution in [2.24, 2.45) is 5.73 Å². The molecule has 0 spiro atoms. The van der Waals surface area contributed by atoms with Gasteiger partial charge in [0.2, 0.25) is 11.6 Å². The molecule has 1 aliphatic rings. The molecule has 0 radical (unpaired) electrons. The topological polar surface area (TPSA) is 90.7 Å². The number of nitrogens with zero attached hydrogens (tertiary/aromatic N) is 4. The quantitative estimate of drug-likeness (QED) is 0.783. The van der Waals surface area contributed by atoms with Crippen molar-refractivity contribution < 1.29 is 4.52 Å². The summed E-state index contributed by atoms with van der Waals surface area (Å²) in [6, 6.07) is 6.28. The van der Waals surface area contributed by atoms with E-state index >= 15 is 0 Å². The maximum Gasteiger partial charge on any atom is 0.258 e. The summed E-state index contributed by atoms with van der Waals surface area (Å²) in [6.45, 7) is 1.93. The van der Waals surface area contributed by atoms with E-state index in [4.69, 9.17) is 10.3 Å². The van der Waals surface area contributed by atoms with E-state index in [0.717, 1.165) is 30.4 Å².